The first-order valence-corrected chi connectivity index (χ1v) is 12.9. The molecule has 1 unspecified atom stereocenters. The Kier molecular flexibility index (Phi) is 8.95. The Morgan fingerprint density at radius 1 is 1.36 bits per heavy atom. The van der Waals surface area contributed by atoms with Crippen LogP contribution in [-0.2, 0) is 14.3 Å². The molecule has 1 fully saturated rings. The molecule has 33 heavy (non-hydrogen) atoms. The summed E-state index contributed by atoms with van der Waals surface area (Å²) >= 11 is 0. The zero-order valence-corrected chi connectivity index (χ0v) is 20.2. The molecular weight excluding hydrogens is 466 g/mol. The number of aliphatic hydroxyl groups is 1. The summed E-state index contributed by atoms with van der Waals surface area (Å²) in [7, 11) is 3.41. The first-order chi connectivity index (χ1) is 15.8. The van der Waals surface area contributed by atoms with Crippen LogP contribution in [0.2, 0.25) is 0 Å². The molecule has 2 N–H and O–H groups in total. The van der Waals surface area contributed by atoms with Crippen LogP contribution in [0.1, 0.15) is 54.6 Å². The number of carbonyl (C=O) groups excluding carboxylic acids is 2. The van der Waals surface area contributed by atoms with Gasteiger partial charge in [-0.3, -0.25) is 9.36 Å². The molecule has 0 spiro atoms. The number of anilines is 1. The predicted octanol–water partition coefficient (Wildman–Crippen LogP) is 3.17. The van der Waals surface area contributed by atoms with Gasteiger partial charge in [-0.25, -0.2) is 9.59 Å². The van der Waals surface area contributed by atoms with Gasteiger partial charge in [-0.2, -0.15) is 4.98 Å². The lowest BCUT2D eigenvalue weighted by atomic mass is 10.0. The maximum absolute atomic E-state index is 13.0. The van der Waals surface area contributed by atoms with E-state index in [4.69, 9.17) is 9.47 Å². The lowest BCUT2D eigenvalue weighted by molar-refractivity contribution is -0.114. The van der Waals surface area contributed by atoms with Crippen molar-refractivity contribution < 1.29 is 24.2 Å². The molecule has 1 aromatic carbocycles. The first kappa shape index (κ1) is 25.3. The molecule has 0 bridgehead atoms. The minimum Gasteiger partial charge on any atom is -0.456 e. The smallest absolute Gasteiger partial charge is 0.351 e. The van der Waals surface area contributed by atoms with Crippen molar-refractivity contribution in [2.45, 2.75) is 50.9 Å². The highest BCUT2D eigenvalue weighted by atomic mass is 33.1. The quantitative estimate of drug-likeness (QED) is 0.401. The van der Waals surface area contributed by atoms with E-state index in [0.717, 1.165) is 11.3 Å². The third kappa shape index (κ3) is 6.38. The Hall–Kier alpha value is -2.34. The molecule has 2 aromatic rings. The van der Waals surface area contributed by atoms with Gasteiger partial charge in [-0.15, -0.1) is 0 Å². The van der Waals surface area contributed by atoms with E-state index < -0.39 is 30.1 Å². The van der Waals surface area contributed by atoms with E-state index in [9.17, 15) is 19.5 Å². The van der Waals surface area contributed by atoms with Crippen molar-refractivity contribution in [1.29, 1.82) is 0 Å². The molecule has 4 atom stereocenters. The molecule has 0 radical (unpaired) electrons. The van der Waals surface area contributed by atoms with Crippen molar-refractivity contribution in [2.75, 3.05) is 17.7 Å². The van der Waals surface area contributed by atoms with Crippen molar-refractivity contribution in [3.8, 4) is 0 Å². The number of carbonyl (C=O) groups is 2. The molecule has 1 aliphatic heterocycles. The molecule has 2 heterocycles. The van der Waals surface area contributed by atoms with Crippen LogP contribution in [0.3, 0.4) is 0 Å². The Morgan fingerprint density at radius 3 is 2.79 bits per heavy atom. The largest absolute Gasteiger partial charge is 0.456 e. The highest BCUT2D eigenvalue weighted by Crippen LogP contribution is 2.39. The van der Waals surface area contributed by atoms with Crippen molar-refractivity contribution >= 4 is 39.3 Å². The molecule has 178 valence electrons. The maximum Gasteiger partial charge on any atom is 0.351 e. The Labute approximate surface area is 199 Å². The molecular formula is C22H27N3O6S2. The van der Waals surface area contributed by atoms with Crippen molar-refractivity contribution in [3.63, 3.8) is 0 Å². The summed E-state index contributed by atoms with van der Waals surface area (Å²) in [5, 5.41) is 12.3. The Morgan fingerprint density at radius 2 is 2.12 bits per heavy atom. The van der Waals surface area contributed by atoms with E-state index in [1.54, 1.807) is 33.7 Å². The van der Waals surface area contributed by atoms with Gasteiger partial charge in [0.2, 0.25) is 5.91 Å². The third-order valence-corrected chi connectivity index (χ3v) is 7.91. The number of hydrogen-bond acceptors (Lipinski definition) is 9. The second-order valence-corrected chi connectivity index (χ2v) is 10.4. The fourth-order valence-electron chi connectivity index (χ4n) is 3.50. The Balaban J connectivity index is 1.74. The fraction of sp³-hybridized carbons (Fsp3) is 0.455. The zero-order chi connectivity index (χ0) is 24.0. The monoisotopic (exact) mass is 493 g/mol. The summed E-state index contributed by atoms with van der Waals surface area (Å²) in [6, 6.07) is 8.77. The van der Waals surface area contributed by atoms with E-state index in [1.807, 2.05) is 19.1 Å². The molecule has 1 aliphatic rings. The molecule has 9 nitrogen and oxygen atoms in total. The normalized spacial score (nSPS) is 20.9. The number of hydrogen-bond donors (Lipinski definition) is 2. The molecule has 1 aromatic heterocycles. The lowest BCUT2D eigenvalue weighted by Crippen LogP contribution is -2.30. The second-order valence-electron chi connectivity index (χ2n) is 7.41. The number of rotatable bonds is 9. The molecule has 0 aliphatic carbocycles. The van der Waals surface area contributed by atoms with Gasteiger partial charge in [0.1, 0.15) is 24.3 Å². The summed E-state index contributed by atoms with van der Waals surface area (Å²) in [6.45, 7) is 5.05. The van der Waals surface area contributed by atoms with E-state index in [0.29, 0.717) is 5.56 Å². The SMILES string of the molecule is CCSSC(C)c1ccccc1C(=O)O[C@@H]1C[C@H](n2ccc(NC(C)=O)nc2=O)O[C@@H]1CO. The van der Waals surface area contributed by atoms with Gasteiger partial charge in [-0.05, 0) is 24.6 Å². The van der Waals surface area contributed by atoms with Crippen LogP contribution in [0, 0.1) is 0 Å². The summed E-state index contributed by atoms with van der Waals surface area (Å²) < 4.78 is 12.8. The number of benzene rings is 1. The lowest BCUT2D eigenvalue weighted by Gasteiger charge is -2.19. The van der Waals surface area contributed by atoms with E-state index in [-0.39, 0.29) is 30.0 Å². The standard InChI is InChI=1S/C22H27N3O6S2/c1-4-32-33-13(2)15-7-5-6-8-16(15)21(28)31-17-11-20(30-18(17)12-26)25-10-9-19(23-14(3)27)24-22(25)29/h5-10,13,17-18,20,26H,4,11-12H2,1-3H3,(H,23,24,27,29)/t13?,17-,18-,20-/m1/s1. The third-order valence-electron chi connectivity index (χ3n) is 5.01. The minimum atomic E-state index is -0.782. The molecule has 1 saturated heterocycles. The molecule has 3 rings (SSSR count). The predicted molar refractivity (Wildman–Crippen MR) is 128 cm³/mol. The molecule has 1 amide bonds. The van der Waals surface area contributed by atoms with Crippen molar-refractivity contribution in [2.24, 2.45) is 0 Å². The number of nitrogens with one attached hydrogen (secondary N) is 1. The van der Waals surface area contributed by atoms with Crippen molar-refractivity contribution in [3.05, 3.63) is 58.1 Å². The maximum atomic E-state index is 13.0. The summed E-state index contributed by atoms with van der Waals surface area (Å²) in [4.78, 5) is 40.4. The van der Waals surface area contributed by atoms with Crippen LogP contribution in [0.15, 0.2) is 41.3 Å². The summed E-state index contributed by atoms with van der Waals surface area (Å²) in [5.74, 6) is 0.248. The molecule has 11 heteroatoms. The second kappa shape index (κ2) is 11.7. The van der Waals surface area contributed by atoms with Gasteiger partial charge < -0.3 is 19.9 Å². The van der Waals surface area contributed by atoms with Gasteiger partial charge in [0.15, 0.2) is 0 Å². The average Bonchev–Trinajstić information content (AvgIpc) is 3.19. The first-order valence-electron chi connectivity index (χ1n) is 10.5. The summed E-state index contributed by atoms with van der Waals surface area (Å²) in [6.07, 6.45) is -0.664. The number of aromatic nitrogens is 2. The summed E-state index contributed by atoms with van der Waals surface area (Å²) in [5.41, 5.74) is 0.714. The average molecular weight is 494 g/mol. The van der Waals surface area contributed by atoms with Gasteiger partial charge >= 0.3 is 11.7 Å². The van der Waals surface area contributed by atoms with Crippen LogP contribution in [0.5, 0.6) is 0 Å². The molecule has 0 saturated carbocycles. The topological polar surface area (TPSA) is 120 Å². The van der Waals surface area contributed by atoms with Gasteiger partial charge in [0, 0.05) is 30.5 Å². The van der Waals surface area contributed by atoms with Gasteiger partial charge in [0.25, 0.3) is 0 Å². The van der Waals surface area contributed by atoms with E-state index in [1.165, 1.54) is 23.8 Å². The number of ether oxygens (including phenoxy) is 2. The van der Waals surface area contributed by atoms with Crippen LogP contribution in [0.4, 0.5) is 5.82 Å². The highest BCUT2D eigenvalue weighted by molar-refractivity contribution is 8.76. The number of nitrogens with zero attached hydrogens (tertiary/aromatic N) is 2. The van der Waals surface area contributed by atoms with E-state index >= 15 is 0 Å². The van der Waals surface area contributed by atoms with Crippen LogP contribution in [0.25, 0.3) is 0 Å². The van der Waals surface area contributed by atoms with Crippen LogP contribution >= 0.6 is 21.6 Å². The Bertz CT molecular complexity index is 1050. The van der Waals surface area contributed by atoms with E-state index in [2.05, 4.69) is 17.2 Å². The fourth-order valence-corrected chi connectivity index (χ4v) is 5.48. The van der Waals surface area contributed by atoms with Crippen LogP contribution in [-0.4, -0.2) is 51.1 Å². The van der Waals surface area contributed by atoms with Crippen molar-refractivity contribution in [1.82, 2.24) is 9.55 Å². The zero-order valence-electron chi connectivity index (χ0n) is 18.6. The number of aliphatic hydroxyl groups excluding tert-OH is 1. The number of amides is 1. The number of esters is 1. The van der Waals surface area contributed by atoms with Gasteiger partial charge in [0.05, 0.1) is 12.2 Å². The minimum absolute atomic E-state index is 0.0895. The van der Waals surface area contributed by atoms with Gasteiger partial charge in [-0.1, -0.05) is 46.7 Å². The highest BCUT2D eigenvalue weighted by Gasteiger charge is 2.39. The van der Waals surface area contributed by atoms with Crippen LogP contribution < -0.4 is 11.0 Å².